The Kier molecular flexibility index (Phi) is 4.47. The van der Waals surface area contributed by atoms with Crippen molar-refractivity contribution in [2.45, 2.75) is 6.92 Å². The van der Waals surface area contributed by atoms with E-state index in [1.165, 1.54) is 6.08 Å². The summed E-state index contributed by atoms with van der Waals surface area (Å²) >= 11 is 0. The molecule has 23 heavy (non-hydrogen) atoms. The average Bonchev–Trinajstić information content (AvgIpc) is 3.03. The summed E-state index contributed by atoms with van der Waals surface area (Å²) in [4.78, 5) is 11.9. The fraction of sp³-hybridized carbons (Fsp3) is 0.167. The lowest BCUT2D eigenvalue weighted by Crippen LogP contribution is -2.07. The third kappa shape index (κ3) is 3.83. The fourth-order valence-electron chi connectivity index (χ4n) is 2.17. The highest BCUT2D eigenvalue weighted by atomic mass is 16.7. The van der Waals surface area contributed by atoms with E-state index in [1.54, 1.807) is 18.2 Å². The Morgan fingerprint density at radius 1 is 1.17 bits per heavy atom. The zero-order valence-corrected chi connectivity index (χ0v) is 12.7. The Hall–Kier alpha value is -2.95. The molecule has 0 atom stereocenters. The number of nitrogens with one attached hydrogen (secondary N) is 1. The van der Waals surface area contributed by atoms with E-state index in [-0.39, 0.29) is 12.7 Å². The summed E-state index contributed by atoms with van der Waals surface area (Å²) in [5.41, 5.74) is 1.59. The van der Waals surface area contributed by atoms with Crippen LogP contribution in [-0.2, 0) is 4.79 Å². The monoisotopic (exact) mass is 311 g/mol. The van der Waals surface area contributed by atoms with E-state index in [4.69, 9.17) is 14.2 Å². The van der Waals surface area contributed by atoms with Crippen LogP contribution in [0.4, 0.5) is 5.69 Å². The largest absolute Gasteiger partial charge is 0.494 e. The lowest BCUT2D eigenvalue weighted by atomic mass is 10.2. The predicted octanol–water partition coefficient (Wildman–Crippen LogP) is 3.47. The maximum Gasteiger partial charge on any atom is 0.248 e. The van der Waals surface area contributed by atoms with Crippen LogP contribution in [0.5, 0.6) is 17.2 Å². The molecule has 0 bridgehead atoms. The third-order valence-corrected chi connectivity index (χ3v) is 3.26. The van der Waals surface area contributed by atoms with Gasteiger partial charge in [-0.1, -0.05) is 6.07 Å². The van der Waals surface area contributed by atoms with Crippen LogP contribution in [0.3, 0.4) is 0 Å². The molecule has 5 heteroatoms. The number of fused-ring (bicyclic) bond motifs is 1. The molecule has 3 rings (SSSR count). The van der Waals surface area contributed by atoms with Gasteiger partial charge in [0.2, 0.25) is 12.7 Å². The Morgan fingerprint density at radius 2 is 1.96 bits per heavy atom. The second kappa shape index (κ2) is 6.87. The number of amides is 1. The first-order valence-corrected chi connectivity index (χ1v) is 7.36. The lowest BCUT2D eigenvalue weighted by Gasteiger charge is -2.05. The zero-order chi connectivity index (χ0) is 16.1. The van der Waals surface area contributed by atoms with Crippen molar-refractivity contribution < 1.29 is 19.0 Å². The fourth-order valence-corrected chi connectivity index (χ4v) is 2.17. The smallest absolute Gasteiger partial charge is 0.248 e. The van der Waals surface area contributed by atoms with Gasteiger partial charge in [-0.3, -0.25) is 4.79 Å². The molecule has 0 spiro atoms. The molecule has 2 aromatic rings. The number of benzene rings is 2. The Bertz CT molecular complexity index is 722. The van der Waals surface area contributed by atoms with Gasteiger partial charge in [0.05, 0.1) is 6.61 Å². The number of hydrogen-bond acceptors (Lipinski definition) is 4. The Morgan fingerprint density at radius 3 is 2.74 bits per heavy atom. The molecular formula is C18H17NO4. The van der Waals surface area contributed by atoms with E-state index in [9.17, 15) is 4.79 Å². The van der Waals surface area contributed by atoms with Crippen molar-refractivity contribution in [3.8, 4) is 17.2 Å². The van der Waals surface area contributed by atoms with Crippen LogP contribution in [0.25, 0.3) is 6.08 Å². The van der Waals surface area contributed by atoms with E-state index < -0.39 is 0 Å². The zero-order valence-electron chi connectivity index (χ0n) is 12.7. The topological polar surface area (TPSA) is 56.8 Å². The van der Waals surface area contributed by atoms with E-state index in [0.717, 1.165) is 17.1 Å². The van der Waals surface area contributed by atoms with Gasteiger partial charge >= 0.3 is 0 Å². The maximum absolute atomic E-state index is 11.9. The van der Waals surface area contributed by atoms with Crippen LogP contribution in [0, 0.1) is 0 Å². The molecule has 1 N–H and O–H groups in total. The van der Waals surface area contributed by atoms with Gasteiger partial charge in [-0.15, -0.1) is 0 Å². The molecule has 0 fully saturated rings. The van der Waals surface area contributed by atoms with Crippen molar-refractivity contribution >= 4 is 17.7 Å². The van der Waals surface area contributed by atoms with Crippen LogP contribution in [0.1, 0.15) is 12.5 Å². The molecule has 1 heterocycles. The van der Waals surface area contributed by atoms with E-state index >= 15 is 0 Å². The van der Waals surface area contributed by atoms with Crippen LogP contribution in [-0.4, -0.2) is 19.3 Å². The van der Waals surface area contributed by atoms with Crippen molar-refractivity contribution in [2.24, 2.45) is 0 Å². The average molecular weight is 311 g/mol. The highest BCUT2D eigenvalue weighted by molar-refractivity contribution is 6.01. The van der Waals surface area contributed by atoms with Gasteiger partial charge in [-0.25, -0.2) is 0 Å². The highest BCUT2D eigenvalue weighted by Crippen LogP contribution is 2.32. The summed E-state index contributed by atoms with van der Waals surface area (Å²) in [6.07, 6.45) is 3.21. The molecule has 0 unspecified atom stereocenters. The minimum absolute atomic E-state index is 0.202. The second-order valence-electron chi connectivity index (χ2n) is 4.89. The Labute approximate surface area is 134 Å². The second-order valence-corrected chi connectivity index (χ2v) is 4.89. The first-order valence-electron chi connectivity index (χ1n) is 7.36. The molecule has 0 aliphatic carbocycles. The van der Waals surface area contributed by atoms with Crippen LogP contribution in [0.15, 0.2) is 48.5 Å². The maximum atomic E-state index is 11.9. The first-order chi connectivity index (χ1) is 11.2. The van der Waals surface area contributed by atoms with Gasteiger partial charge in [0.25, 0.3) is 0 Å². The normalized spacial score (nSPS) is 12.4. The van der Waals surface area contributed by atoms with Crippen molar-refractivity contribution in [1.82, 2.24) is 0 Å². The summed E-state index contributed by atoms with van der Waals surface area (Å²) in [7, 11) is 0. The summed E-state index contributed by atoms with van der Waals surface area (Å²) in [6, 6.07) is 12.8. The molecular weight excluding hydrogens is 294 g/mol. The van der Waals surface area contributed by atoms with Gasteiger partial charge < -0.3 is 19.5 Å². The van der Waals surface area contributed by atoms with Crippen molar-refractivity contribution in [1.29, 1.82) is 0 Å². The van der Waals surface area contributed by atoms with E-state index in [2.05, 4.69) is 5.32 Å². The Balaban J connectivity index is 1.60. The molecule has 5 nitrogen and oxygen atoms in total. The van der Waals surface area contributed by atoms with Crippen LogP contribution in [0.2, 0.25) is 0 Å². The predicted molar refractivity (Wildman–Crippen MR) is 87.8 cm³/mol. The van der Waals surface area contributed by atoms with Crippen molar-refractivity contribution in [2.75, 3.05) is 18.7 Å². The van der Waals surface area contributed by atoms with Crippen molar-refractivity contribution in [3.63, 3.8) is 0 Å². The minimum atomic E-state index is -0.202. The van der Waals surface area contributed by atoms with Crippen LogP contribution >= 0.6 is 0 Å². The molecule has 2 aromatic carbocycles. The summed E-state index contributed by atoms with van der Waals surface area (Å²) in [5, 5.41) is 2.80. The van der Waals surface area contributed by atoms with E-state index in [1.807, 2.05) is 37.3 Å². The van der Waals surface area contributed by atoms with Gasteiger partial charge in [0.1, 0.15) is 5.75 Å². The standard InChI is InChI=1S/C18H17NO4/c1-2-21-15-7-5-14(6-8-15)19-18(20)10-4-13-3-9-16-17(11-13)23-12-22-16/h3-11H,2,12H2,1H3,(H,19,20)/b10-4+. The molecule has 1 aliphatic rings. The number of rotatable bonds is 5. The molecule has 118 valence electrons. The van der Waals surface area contributed by atoms with Gasteiger partial charge in [-0.05, 0) is 55.0 Å². The first kappa shape index (κ1) is 15.0. The van der Waals surface area contributed by atoms with Gasteiger partial charge in [0.15, 0.2) is 11.5 Å². The number of ether oxygens (including phenoxy) is 3. The third-order valence-electron chi connectivity index (χ3n) is 3.26. The van der Waals surface area contributed by atoms with Gasteiger partial charge in [-0.2, -0.15) is 0 Å². The number of hydrogen-bond donors (Lipinski definition) is 1. The molecule has 1 amide bonds. The molecule has 0 saturated heterocycles. The highest BCUT2D eigenvalue weighted by Gasteiger charge is 2.12. The molecule has 0 radical (unpaired) electrons. The molecule has 0 aromatic heterocycles. The number of carbonyl (C=O) groups is 1. The minimum Gasteiger partial charge on any atom is -0.494 e. The van der Waals surface area contributed by atoms with Crippen LogP contribution < -0.4 is 19.5 Å². The van der Waals surface area contributed by atoms with Crippen molar-refractivity contribution in [3.05, 3.63) is 54.1 Å². The molecule has 0 saturated carbocycles. The lowest BCUT2D eigenvalue weighted by molar-refractivity contribution is -0.111. The summed E-state index contributed by atoms with van der Waals surface area (Å²) < 4.78 is 15.9. The number of carbonyl (C=O) groups excluding carboxylic acids is 1. The quantitative estimate of drug-likeness (QED) is 0.859. The summed E-state index contributed by atoms with van der Waals surface area (Å²) in [6.45, 7) is 2.78. The van der Waals surface area contributed by atoms with E-state index in [0.29, 0.717) is 18.0 Å². The molecule has 1 aliphatic heterocycles. The van der Waals surface area contributed by atoms with Gasteiger partial charge in [0, 0.05) is 11.8 Å². The summed E-state index contributed by atoms with van der Waals surface area (Å²) in [5.74, 6) is 1.99. The SMILES string of the molecule is CCOc1ccc(NC(=O)/C=C/c2ccc3c(c2)OCO3)cc1. The number of anilines is 1.